The molecule has 188 valence electrons. The van der Waals surface area contributed by atoms with E-state index in [4.69, 9.17) is 11.6 Å². The highest BCUT2D eigenvalue weighted by atomic mass is 35.5. The van der Waals surface area contributed by atoms with E-state index in [1.807, 2.05) is 0 Å². The van der Waals surface area contributed by atoms with Crippen LogP contribution in [0.25, 0.3) is 0 Å². The monoisotopic (exact) mass is 509 g/mol. The molecule has 3 aromatic rings. The van der Waals surface area contributed by atoms with Gasteiger partial charge in [0.25, 0.3) is 5.91 Å². The molecule has 0 fully saturated rings. The summed E-state index contributed by atoms with van der Waals surface area (Å²) < 4.78 is 0. The number of nitrogens with zero attached hydrogens (tertiary/aromatic N) is 1. The average Bonchev–Trinajstić information content (AvgIpc) is 2.82. The second-order valence-electron chi connectivity index (χ2n) is 8.75. The van der Waals surface area contributed by atoms with E-state index in [1.54, 1.807) is 75.4 Å². The van der Waals surface area contributed by atoms with Crippen LogP contribution in [-0.4, -0.2) is 34.5 Å². The molecule has 3 amide bonds. The fourth-order valence-electron chi connectivity index (χ4n) is 3.31. The van der Waals surface area contributed by atoms with Crippen molar-refractivity contribution in [3.8, 4) is 0 Å². The molecule has 1 heterocycles. The molecule has 5 N–H and O–H groups in total. The quantitative estimate of drug-likeness (QED) is 0.258. The Morgan fingerprint density at radius 2 is 1.61 bits per heavy atom. The molecule has 0 radical (unpaired) electrons. The number of hydrogen-bond acceptors (Lipinski definition) is 5. The van der Waals surface area contributed by atoms with Gasteiger partial charge in [-0.05, 0) is 69.2 Å². The molecule has 0 saturated heterocycles. The van der Waals surface area contributed by atoms with Crippen LogP contribution in [0.1, 0.15) is 36.7 Å². The van der Waals surface area contributed by atoms with Crippen LogP contribution in [0.4, 0.5) is 27.7 Å². The molecule has 10 heteroatoms. The summed E-state index contributed by atoms with van der Waals surface area (Å²) in [6, 6.07) is 15.1. The summed E-state index contributed by atoms with van der Waals surface area (Å²) in [4.78, 5) is 40.6. The van der Waals surface area contributed by atoms with Crippen molar-refractivity contribution in [1.29, 1.82) is 0 Å². The zero-order chi connectivity index (χ0) is 26.3. The zero-order valence-electron chi connectivity index (χ0n) is 20.2. The number of hydrogen-bond donors (Lipinski definition) is 5. The van der Waals surface area contributed by atoms with Crippen molar-refractivity contribution < 1.29 is 19.5 Å². The van der Waals surface area contributed by atoms with Crippen LogP contribution < -0.4 is 21.3 Å². The Bertz CT molecular complexity index is 1240. The number of pyridine rings is 1. The van der Waals surface area contributed by atoms with Crippen LogP contribution in [0.5, 0.6) is 0 Å². The van der Waals surface area contributed by atoms with Crippen LogP contribution >= 0.6 is 11.6 Å². The molecule has 0 atom stereocenters. The van der Waals surface area contributed by atoms with Crippen LogP contribution in [-0.2, 0) is 11.2 Å². The van der Waals surface area contributed by atoms with E-state index in [0.29, 0.717) is 35.1 Å². The highest BCUT2D eigenvalue weighted by Crippen LogP contribution is 2.26. The molecule has 0 aliphatic carbocycles. The summed E-state index contributed by atoms with van der Waals surface area (Å²) in [6.45, 7) is 5.58. The van der Waals surface area contributed by atoms with Crippen LogP contribution in [0.2, 0.25) is 5.02 Å². The van der Waals surface area contributed by atoms with Gasteiger partial charge in [-0.15, -0.1) is 0 Å². The Labute approximate surface area is 214 Å². The first kappa shape index (κ1) is 26.5. The first-order valence-electron chi connectivity index (χ1n) is 11.3. The van der Waals surface area contributed by atoms with Gasteiger partial charge in [0.1, 0.15) is 5.82 Å². The fourth-order valence-corrected chi connectivity index (χ4v) is 3.43. The van der Waals surface area contributed by atoms with Gasteiger partial charge in [-0.3, -0.25) is 14.9 Å². The van der Waals surface area contributed by atoms with Gasteiger partial charge >= 0.3 is 12.0 Å². The Balaban J connectivity index is 1.82. The molecule has 0 spiro atoms. The molecule has 0 bridgehead atoms. The number of carboxylic acid groups (broad SMARTS) is 1. The number of nitrogens with one attached hydrogen (secondary N) is 4. The van der Waals surface area contributed by atoms with Gasteiger partial charge in [0.15, 0.2) is 0 Å². The minimum absolute atomic E-state index is 0.252. The van der Waals surface area contributed by atoms with Gasteiger partial charge in [0, 0.05) is 35.2 Å². The highest BCUT2D eigenvalue weighted by Gasteiger charge is 2.27. The lowest BCUT2D eigenvalue weighted by Crippen LogP contribution is -2.28. The maximum atomic E-state index is 13.1. The third kappa shape index (κ3) is 7.19. The van der Waals surface area contributed by atoms with Gasteiger partial charge in [0.05, 0.1) is 16.7 Å². The van der Waals surface area contributed by atoms with Gasteiger partial charge in [0.2, 0.25) is 0 Å². The summed E-state index contributed by atoms with van der Waals surface area (Å²) in [5.74, 6) is -1.03. The predicted molar refractivity (Wildman–Crippen MR) is 141 cm³/mol. The zero-order valence-corrected chi connectivity index (χ0v) is 20.9. The lowest BCUT2D eigenvalue weighted by atomic mass is 9.86. The number of carbonyl (C=O) groups excluding carboxylic acids is 2. The molecule has 0 aliphatic rings. The summed E-state index contributed by atoms with van der Waals surface area (Å²) in [5.41, 5.74) is 1.85. The number of amides is 3. The number of carbonyl (C=O) groups is 3. The first-order chi connectivity index (χ1) is 17.1. The Morgan fingerprint density at radius 1 is 0.972 bits per heavy atom. The average molecular weight is 510 g/mol. The van der Waals surface area contributed by atoms with E-state index in [9.17, 15) is 19.5 Å². The summed E-state index contributed by atoms with van der Waals surface area (Å²) in [6.07, 6.45) is 1.73. The number of halogens is 1. The Morgan fingerprint density at radius 3 is 2.22 bits per heavy atom. The number of aliphatic carboxylic acids is 1. The third-order valence-corrected chi connectivity index (χ3v) is 5.54. The van der Waals surface area contributed by atoms with Crippen molar-refractivity contribution in [2.24, 2.45) is 5.41 Å². The molecular formula is C26H28ClN5O4. The lowest BCUT2D eigenvalue weighted by molar-refractivity contribution is -0.146. The summed E-state index contributed by atoms with van der Waals surface area (Å²) >= 11 is 5.98. The minimum Gasteiger partial charge on any atom is -0.481 e. The van der Waals surface area contributed by atoms with Crippen molar-refractivity contribution >= 4 is 52.4 Å². The van der Waals surface area contributed by atoms with Crippen molar-refractivity contribution in [1.82, 2.24) is 10.3 Å². The predicted octanol–water partition coefficient (Wildman–Crippen LogP) is 5.53. The van der Waals surface area contributed by atoms with Crippen molar-refractivity contribution in [3.05, 3.63) is 76.9 Å². The Hall–Kier alpha value is -4.11. The van der Waals surface area contributed by atoms with Crippen molar-refractivity contribution in [2.45, 2.75) is 27.2 Å². The topological polar surface area (TPSA) is 132 Å². The lowest BCUT2D eigenvalue weighted by Gasteiger charge is -2.19. The normalized spacial score (nSPS) is 10.9. The molecule has 9 nitrogen and oxygen atoms in total. The third-order valence-electron chi connectivity index (χ3n) is 5.29. The van der Waals surface area contributed by atoms with Crippen LogP contribution in [0.3, 0.4) is 0 Å². The maximum absolute atomic E-state index is 13.1. The molecule has 0 unspecified atom stereocenters. The summed E-state index contributed by atoms with van der Waals surface area (Å²) in [5, 5.41) is 21.2. The van der Waals surface area contributed by atoms with E-state index < -0.39 is 23.3 Å². The van der Waals surface area contributed by atoms with E-state index >= 15 is 0 Å². The SMILES string of the molecule is CCNC(=O)Nc1cc(Nc2ccc(Cl)cc2)c(C(=O)Nc2ccc(CC(C)(C)C(=O)O)cc2)cn1. The number of aromatic nitrogens is 1. The minimum atomic E-state index is -0.900. The summed E-state index contributed by atoms with van der Waals surface area (Å²) in [7, 11) is 0. The number of carboxylic acids is 1. The smallest absolute Gasteiger partial charge is 0.320 e. The van der Waals surface area contributed by atoms with Crippen molar-refractivity contribution in [3.63, 3.8) is 0 Å². The molecule has 0 saturated carbocycles. The van der Waals surface area contributed by atoms with E-state index in [0.717, 1.165) is 5.56 Å². The van der Waals surface area contributed by atoms with E-state index in [-0.39, 0.29) is 11.4 Å². The van der Waals surface area contributed by atoms with Crippen LogP contribution in [0, 0.1) is 5.41 Å². The molecule has 3 rings (SSSR count). The number of anilines is 4. The maximum Gasteiger partial charge on any atom is 0.320 e. The van der Waals surface area contributed by atoms with Crippen molar-refractivity contribution in [2.75, 3.05) is 22.5 Å². The van der Waals surface area contributed by atoms with Crippen LogP contribution in [0.15, 0.2) is 60.8 Å². The fraction of sp³-hybridized carbons (Fsp3) is 0.231. The molecule has 2 aromatic carbocycles. The number of rotatable bonds is 9. The molecule has 0 aliphatic heterocycles. The second kappa shape index (κ2) is 11.5. The highest BCUT2D eigenvalue weighted by molar-refractivity contribution is 6.30. The number of benzene rings is 2. The molecule has 1 aromatic heterocycles. The molecule has 36 heavy (non-hydrogen) atoms. The first-order valence-corrected chi connectivity index (χ1v) is 11.7. The molecular weight excluding hydrogens is 482 g/mol. The Kier molecular flexibility index (Phi) is 8.50. The van der Waals surface area contributed by atoms with E-state index in [1.165, 1.54) is 6.20 Å². The number of urea groups is 1. The van der Waals surface area contributed by atoms with Gasteiger partial charge < -0.3 is 21.1 Å². The second-order valence-corrected chi connectivity index (χ2v) is 9.18. The van der Waals surface area contributed by atoms with Gasteiger partial charge in [-0.2, -0.15) is 0 Å². The van der Waals surface area contributed by atoms with Gasteiger partial charge in [-0.1, -0.05) is 23.7 Å². The largest absolute Gasteiger partial charge is 0.481 e. The van der Waals surface area contributed by atoms with Gasteiger partial charge in [-0.25, -0.2) is 9.78 Å². The van der Waals surface area contributed by atoms with E-state index in [2.05, 4.69) is 26.3 Å². The standard InChI is InChI=1S/C26H28ClN5O4/c1-4-28-25(36)32-22-13-21(30-18-11-7-17(27)8-12-18)20(15-29-22)23(33)31-19-9-5-16(6-10-19)14-26(2,3)24(34)35/h5-13,15H,4,14H2,1-3H3,(H,31,33)(H,34,35)(H3,28,29,30,32,36).